The van der Waals surface area contributed by atoms with Gasteiger partial charge in [0, 0.05) is 18.6 Å². The molecule has 88 valence electrons. The largest absolute Gasteiger partial charge is 0.312 e. The van der Waals surface area contributed by atoms with Crippen molar-refractivity contribution in [3.05, 3.63) is 0 Å². The minimum absolute atomic E-state index is 0.756. The molecule has 2 nitrogen and oxygen atoms in total. The second-order valence-corrected chi connectivity index (χ2v) is 5.63. The van der Waals surface area contributed by atoms with E-state index in [-0.39, 0.29) is 0 Å². The molecule has 2 atom stereocenters. The molecule has 2 fully saturated rings. The Bertz CT molecular complexity index is 177. The van der Waals surface area contributed by atoms with Gasteiger partial charge in [0.25, 0.3) is 0 Å². The average molecular weight is 210 g/mol. The van der Waals surface area contributed by atoms with Crippen molar-refractivity contribution in [1.29, 1.82) is 0 Å². The van der Waals surface area contributed by atoms with E-state index in [0.717, 1.165) is 18.0 Å². The normalized spacial score (nSPS) is 34.8. The van der Waals surface area contributed by atoms with Crippen LogP contribution in [-0.2, 0) is 0 Å². The molecule has 1 aliphatic heterocycles. The molecule has 2 unspecified atom stereocenters. The van der Waals surface area contributed by atoms with Crippen LogP contribution in [0.2, 0.25) is 0 Å². The second-order valence-electron chi connectivity index (χ2n) is 5.63. The van der Waals surface area contributed by atoms with Crippen molar-refractivity contribution in [2.24, 2.45) is 5.92 Å². The summed E-state index contributed by atoms with van der Waals surface area (Å²) in [6.07, 6.45) is 8.67. The van der Waals surface area contributed by atoms with Crippen molar-refractivity contribution in [2.75, 3.05) is 20.1 Å². The van der Waals surface area contributed by atoms with Crippen LogP contribution in [0.4, 0.5) is 0 Å². The van der Waals surface area contributed by atoms with Gasteiger partial charge in [-0.25, -0.2) is 0 Å². The highest BCUT2D eigenvalue weighted by molar-refractivity contribution is 4.85. The molecule has 0 aromatic rings. The summed E-state index contributed by atoms with van der Waals surface area (Å²) < 4.78 is 0. The number of rotatable bonds is 3. The van der Waals surface area contributed by atoms with Gasteiger partial charge in [-0.3, -0.25) is 0 Å². The molecule has 1 aliphatic carbocycles. The summed E-state index contributed by atoms with van der Waals surface area (Å²) in [6.45, 7) is 4.85. The van der Waals surface area contributed by atoms with E-state index in [1.54, 1.807) is 0 Å². The zero-order valence-electron chi connectivity index (χ0n) is 10.3. The number of nitrogens with zero attached hydrogens (tertiary/aromatic N) is 1. The summed E-state index contributed by atoms with van der Waals surface area (Å²) in [6, 6.07) is 1.53. The van der Waals surface area contributed by atoms with Gasteiger partial charge in [-0.05, 0) is 45.7 Å². The lowest BCUT2D eigenvalue weighted by atomic mass is 9.89. The molecule has 2 heteroatoms. The minimum Gasteiger partial charge on any atom is -0.312 e. The fourth-order valence-electron chi connectivity index (χ4n) is 3.07. The van der Waals surface area contributed by atoms with Crippen LogP contribution in [0.25, 0.3) is 0 Å². The first-order chi connectivity index (χ1) is 7.25. The molecule has 0 radical (unpaired) electrons. The highest BCUT2D eigenvalue weighted by atomic mass is 15.2. The summed E-state index contributed by atoms with van der Waals surface area (Å²) in [7, 11) is 2.24. The van der Waals surface area contributed by atoms with Gasteiger partial charge in [0.1, 0.15) is 0 Å². The van der Waals surface area contributed by atoms with Gasteiger partial charge in [0.15, 0.2) is 0 Å². The van der Waals surface area contributed by atoms with Crippen LogP contribution in [-0.4, -0.2) is 37.1 Å². The number of likely N-dealkylation sites (N-methyl/N-ethyl adjacent to an activating group) is 1. The number of nitrogens with one attached hydrogen (secondary N) is 1. The molecule has 0 bridgehead atoms. The van der Waals surface area contributed by atoms with Crippen molar-refractivity contribution in [2.45, 2.75) is 57.5 Å². The smallest absolute Gasteiger partial charge is 0.0209 e. The third-order valence-corrected chi connectivity index (χ3v) is 4.31. The summed E-state index contributed by atoms with van der Waals surface area (Å²) in [5.41, 5.74) is 0. The molecular weight excluding hydrogens is 184 g/mol. The maximum atomic E-state index is 3.77. The summed E-state index contributed by atoms with van der Waals surface area (Å²) >= 11 is 0. The van der Waals surface area contributed by atoms with E-state index in [2.05, 4.69) is 24.2 Å². The van der Waals surface area contributed by atoms with Crippen molar-refractivity contribution in [3.63, 3.8) is 0 Å². The van der Waals surface area contributed by atoms with Crippen molar-refractivity contribution in [3.8, 4) is 0 Å². The maximum Gasteiger partial charge on any atom is 0.0209 e. The first-order valence-corrected chi connectivity index (χ1v) is 6.69. The molecule has 0 spiro atoms. The Morgan fingerprint density at radius 1 is 1.20 bits per heavy atom. The van der Waals surface area contributed by atoms with E-state index < -0.39 is 0 Å². The van der Waals surface area contributed by atoms with E-state index in [4.69, 9.17) is 0 Å². The summed E-state index contributed by atoms with van der Waals surface area (Å²) in [5, 5.41) is 3.77. The van der Waals surface area contributed by atoms with Gasteiger partial charge in [-0.15, -0.1) is 0 Å². The zero-order valence-corrected chi connectivity index (χ0v) is 10.3. The lowest BCUT2D eigenvalue weighted by molar-refractivity contribution is 0.314. The minimum atomic E-state index is 0.756. The van der Waals surface area contributed by atoms with Crippen molar-refractivity contribution < 1.29 is 0 Å². The van der Waals surface area contributed by atoms with E-state index in [1.807, 2.05) is 0 Å². The highest BCUT2D eigenvalue weighted by Gasteiger charge is 2.26. The van der Waals surface area contributed by atoms with Crippen LogP contribution < -0.4 is 5.32 Å². The van der Waals surface area contributed by atoms with Crippen molar-refractivity contribution in [1.82, 2.24) is 10.2 Å². The van der Waals surface area contributed by atoms with Crippen LogP contribution in [0.3, 0.4) is 0 Å². The fourth-order valence-corrected chi connectivity index (χ4v) is 3.07. The van der Waals surface area contributed by atoms with Crippen LogP contribution in [0.15, 0.2) is 0 Å². The fraction of sp³-hybridized carbons (Fsp3) is 1.00. The van der Waals surface area contributed by atoms with Crippen LogP contribution >= 0.6 is 0 Å². The molecule has 1 saturated carbocycles. The Morgan fingerprint density at radius 2 is 1.93 bits per heavy atom. The standard InChI is InChI=1S/C13H26N2/c1-11-8-13(10-15(11)2)14-9-12-6-4-3-5-7-12/h11-14H,3-10H2,1-2H3. The number of likely N-dealkylation sites (tertiary alicyclic amines) is 1. The molecule has 1 heterocycles. The molecular formula is C13H26N2. The van der Waals surface area contributed by atoms with Crippen LogP contribution in [0, 0.1) is 5.92 Å². The highest BCUT2D eigenvalue weighted by Crippen LogP contribution is 2.23. The average Bonchev–Trinajstić information content (AvgIpc) is 2.57. The van der Waals surface area contributed by atoms with Gasteiger partial charge < -0.3 is 10.2 Å². The molecule has 0 aromatic carbocycles. The Balaban J connectivity index is 1.65. The zero-order chi connectivity index (χ0) is 10.7. The van der Waals surface area contributed by atoms with Gasteiger partial charge in [0.2, 0.25) is 0 Å². The SMILES string of the molecule is CC1CC(NCC2CCCCC2)CN1C. The quantitative estimate of drug-likeness (QED) is 0.768. The second kappa shape index (κ2) is 5.31. The summed E-state index contributed by atoms with van der Waals surface area (Å²) in [4.78, 5) is 2.47. The van der Waals surface area contributed by atoms with Gasteiger partial charge in [0.05, 0.1) is 0 Å². The number of hydrogen-bond acceptors (Lipinski definition) is 2. The molecule has 1 saturated heterocycles. The molecule has 2 aliphatic rings. The van der Waals surface area contributed by atoms with Gasteiger partial charge >= 0.3 is 0 Å². The monoisotopic (exact) mass is 210 g/mol. The Morgan fingerprint density at radius 3 is 2.53 bits per heavy atom. The maximum absolute atomic E-state index is 3.77. The first kappa shape index (κ1) is 11.4. The van der Waals surface area contributed by atoms with E-state index in [9.17, 15) is 0 Å². The van der Waals surface area contributed by atoms with E-state index in [1.165, 1.54) is 51.6 Å². The summed E-state index contributed by atoms with van der Waals surface area (Å²) in [5.74, 6) is 0.972. The lowest BCUT2D eigenvalue weighted by Crippen LogP contribution is -2.35. The Kier molecular flexibility index (Phi) is 4.04. The molecule has 1 N–H and O–H groups in total. The third kappa shape index (κ3) is 3.18. The Hall–Kier alpha value is -0.0800. The number of hydrogen-bond donors (Lipinski definition) is 1. The van der Waals surface area contributed by atoms with E-state index in [0.29, 0.717) is 0 Å². The Labute approximate surface area is 94.4 Å². The first-order valence-electron chi connectivity index (χ1n) is 6.69. The predicted octanol–water partition coefficient (Wildman–Crippen LogP) is 2.25. The van der Waals surface area contributed by atoms with Crippen molar-refractivity contribution >= 4 is 0 Å². The molecule has 2 rings (SSSR count). The predicted molar refractivity (Wildman–Crippen MR) is 65.1 cm³/mol. The molecule has 0 aromatic heterocycles. The van der Waals surface area contributed by atoms with Gasteiger partial charge in [-0.1, -0.05) is 19.3 Å². The lowest BCUT2D eigenvalue weighted by Gasteiger charge is -2.23. The molecule has 0 amide bonds. The topological polar surface area (TPSA) is 15.3 Å². The third-order valence-electron chi connectivity index (χ3n) is 4.31. The molecule has 15 heavy (non-hydrogen) atoms. The van der Waals surface area contributed by atoms with Gasteiger partial charge in [-0.2, -0.15) is 0 Å². The van der Waals surface area contributed by atoms with Crippen LogP contribution in [0.5, 0.6) is 0 Å². The van der Waals surface area contributed by atoms with Crippen LogP contribution in [0.1, 0.15) is 45.4 Å². The van der Waals surface area contributed by atoms with E-state index >= 15 is 0 Å².